The van der Waals surface area contributed by atoms with Crippen molar-refractivity contribution in [3.05, 3.63) is 53.1 Å². The molecule has 110 valence electrons. The molecule has 2 aromatic carbocycles. The summed E-state index contributed by atoms with van der Waals surface area (Å²) in [6.07, 6.45) is 0.203. The normalized spacial score (nSPS) is 10.0. The molecule has 0 fully saturated rings. The third kappa shape index (κ3) is 4.13. The lowest BCUT2D eigenvalue weighted by atomic mass is 10.1. The molecular weight excluding hydrogens is 290 g/mol. The van der Waals surface area contributed by atoms with Crippen LogP contribution in [0.3, 0.4) is 0 Å². The van der Waals surface area contributed by atoms with Gasteiger partial charge < -0.3 is 14.8 Å². The van der Waals surface area contributed by atoms with Crippen LogP contribution < -0.4 is 14.8 Å². The first kappa shape index (κ1) is 15.2. The molecule has 0 heterocycles. The summed E-state index contributed by atoms with van der Waals surface area (Å²) in [5.41, 5.74) is 1.47. The predicted octanol–water partition coefficient (Wildman–Crippen LogP) is 3.54. The lowest BCUT2D eigenvalue weighted by Gasteiger charge is -2.08. The van der Waals surface area contributed by atoms with E-state index < -0.39 is 0 Å². The van der Waals surface area contributed by atoms with Crippen molar-refractivity contribution in [2.45, 2.75) is 6.42 Å². The highest BCUT2D eigenvalue weighted by Crippen LogP contribution is 2.23. The van der Waals surface area contributed by atoms with Crippen LogP contribution in [0.2, 0.25) is 5.02 Å². The van der Waals surface area contributed by atoms with Crippen molar-refractivity contribution in [2.75, 3.05) is 19.5 Å². The molecule has 0 saturated carbocycles. The third-order valence-corrected chi connectivity index (χ3v) is 3.34. The van der Waals surface area contributed by atoms with Crippen LogP contribution in [0.5, 0.6) is 11.5 Å². The third-order valence-electron chi connectivity index (χ3n) is 2.99. The lowest BCUT2D eigenvalue weighted by Crippen LogP contribution is -2.14. The van der Waals surface area contributed by atoms with E-state index >= 15 is 0 Å². The van der Waals surface area contributed by atoms with Gasteiger partial charge in [-0.25, -0.2) is 0 Å². The van der Waals surface area contributed by atoms with Gasteiger partial charge in [-0.3, -0.25) is 4.79 Å². The number of ether oxygens (including phenoxy) is 2. The number of carbonyl (C=O) groups is 1. The number of hydrogen-bond acceptors (Lipinski definition) is 3. The molecule has 0 saturated heterocycles. The van der Waals surface area contributed by atoms with Gasteiger partial charge >= 0.3 is 0 Å². The predicted molar refractivity (Wildman–Crippen MR) is 83.3 cm³/mol. The molecule has 0 radical (unpaired) electrons. The Bertz CT molecular complexity index is 626. The van der Waals surface area contributed by atoms with Gasteiger partial charge in [0.2, 0.25) is 5.91 Å². The first-order valence-corrected chi connectivity index (χ1v) is 6.76. The van der Waals surface area contributed by atoms with Gasteiger partial charge in [0.1, 0.15) is 11.5 Å². The van der Waals surface area contributed by atoms with Crippen LogP contribution >= 0.6 is 11.6 Å². The molecule has 0 atom stereocenters. The van der Waals surface area contributed by atoms with Gasteiger partial charge in [0.05, 0.1) is 20.6 Å². The van der Waals surface area contributed by atoms with E-state index in [1.54, 1.807) is 56.7 Å². The first-order valence-electron chi connectivity index (χ1n) is 6.38. The highest BCUT2D eigenvalue weighted by Gasteiger charge is 2.08. The monoisotopic (exact) mass is 305 g/mol. The summed E-state index contributed by atoms with van der Waals surface area (Å²) in [4.78, 5) is 12.0. The summed E-state index contributed by atoms with van der Waals surface area (Å²) in [5, 5.41) is 3.33. The number of carbonyl (C=O) groups excluding carboxylic acids is 1. The zero-order chi connectivity index (χ0) is 15.2. The molecule has 0 aliphatic carbocycles. The van der Waals surface area contributed by atoms with Crippen molar-refractivity contribution in [3.63, 3.8) is 0 Å². The van der Waals surface area contributed by atoms with Gasteiger partial charge in [-0.15, -0.1) is 0 Å². The SMILES string of the molecule is COc1ccc(NC(=O)Cc2ccc(OC)cc2Cl)cc1. The van der Waals surface area contributed by atoms with Crippen LogP contribution in [0.1, 0.15) is 5.56 Å². The number of hydrogen-bond donors (Lipinski definition) is 1. The number of methoxy groups -OCH3 is 2. The van der Waals surface area contributed by atoms with E-state index in [1.807, 2.05) is 0 Å². The number of amides is 1. The summed E-state index contributed by atoms with van der Waals surface area (Å²) in [6, 6.07) is 12.4. The van der Waals surface area contributed by atoms with Crippen molar-refractivity contribution < 1.29 is 14.3 Å². The Morgan fingerprint density at radius 2 is 1.67 bits per heavy atom. The number of rotatable bonds is 5. The molecule has 0 aliphatic rings. The second-order valence-electron chi connectivity index (χ2n) is 4.41. The van der Waals surface area contributed by atoms with E-state index in [0.717, 1.165) is 11.3 Å². The highest BCUT2D eigenvalue weighted by molar-refractivity contribution is 6.31. The number of halogens is 1. The molecular formula is C16H16ClNO3. The van der Waals surface area contributed by atoms with Crippen molar-refractivity contribution >= 4 is 23.2 Å². The van der Waals surface area contributed by atoms with Crippen molar-refractivity contribution in [2.24, 2.45) is 0 Å². The minimum atomic E-state index is -0.132. The Morgan fingerprint density at radius 3 is 2.24 bits per heavy atom. The Morgan fingerprint density at radius 1 is 1.05 bits per heavy atom. The Hall–Kier alpha value is -2.20. The molecule has 0 aliphatic heterocycles. The van der Waals surface area contributed by atoms with Crippen molar-refractivity contribution in [1.82, 2.24) is 0 Å². The molecule has 21 heavy (non-hydrogen) atoms. The van der Waals surface area contributed by atoms with Gasteiger partial charge in [-0.1, -0.05) is 17.7 Å². The highest BCUT2D eigenvalue weighted by atomic mass is 35.5. The van der Waals surface area contributed by atoms with Crippen molar-refractivity contribution in [3.8, 4) is 11.5 Å². The van der Waals surface area contributed by atoms with E-state index in [9.17, 15) is 4.79 Å². The van der Waals surface area contributed by atoms with Crippen molar-refractivity contribution in [1.29, 1.82) is 0 Å². The smallest absolute Gasteiger partial charge is 0.228 e. The maximum atomic E-state index is 12.0. The van der Waals surface area contributed by atoms with Gasteiger partial charge in [-0.05, 0) is 42.0 Å². The summed E-state index contributed by atoms with van der Waals surface area (Å²) in [6.45, 7) is 0. The Kier molecular flexibility index (Phi) is 5.06. The Balaban J connectivity index is 2.00. The maximum absolute atomic E-state index is 12.0. The van der Waals surface area contributed by atoms with E-state index in [0.29, 0.717) is 16.5 Å². The molecule has 0 bridgehead atoms. The first-order chi connectivity index (χ1) is 10.1. The zero-order valence-electron chi connectivity index (χ0n) is 11.9. The molecule has 4 nitrogen and oxygen atoms in total. The summed E-state index contributed by atoms with van der Waals surface area (Å²) < 4.78 is 10.1. The van der Waals surface area contributed by atoms with Crippen LogP contribution in [-0.2, 0) is 11.2 Å². The van der Waals surface area contributed by atoms with Crippen LogP contribution in [-0.4, -0.2) is 20.1 Å². The minimum Gasteiger partial charge on any atom is -0.497 e. The zero-order valence-corrected chi connectivity index (χ0v) is 12.6. The molecule has 2 aromatic rings. The molecule has 2 rings (SSSR count). The molecule has 5 heteroatoms. The van der Waals surface area contributed by atoms with Gasteiger partial charge in [0.15, 0.2) is 0 Å². The maximum Gasteiger partial charge on any atom is 0.228 e. The summed E-state index contributed by atoms with van der Waals surface area (Å²) in [7, 11) is 3.17. The molecule has 0 aromatic heterocycles. The fourth-order valence-electron chi connectivity index (χ4n) is 1.85. The summed E-state index contributed by atoms with van der Waals surface area (Å²) >= 11 is 6.12. The second kappa shape index (κ2) is 6.99. The average Bonchev–Trinajstić information content (AvgIpc) is 2.50. The minimum absolute atomic E-state index is 0.132. The van der Waals surface area contributed by atoms with Gasteiger partial charge in [-0.2, -0.15) is 0 Å². The fourth-order valence-corrected chi connectivity index (χ4v) is 2.09. The molecule has 1 amide bonds. The van der Waals surface area contributed by atoms with E-state index in [-0.39, 0.29) is 12.3 Å². The van der Waals surface area contributed by atoms with Gasteiger partial charge in [0.25, 0.3) is 0 Å². The topological polar surface area (TPSA) is 47.6 Å². The molecule has 0 spiro atoms. The second-order valence-corrected chi connectivity index (χ2v) is 4.82. The number of benzene rings is 2. The molecule has 1 N–H and O–H groups in total. The fraction of sp³-hybridized carbons (Fsp3) is 0.188. The van der Waals surface area contributed by atoms with Gasteiger partial charge in [0, 0.05) is 10.7 Å². The quantitative estimate of drug-likeness (QED) is 0.919. The standard InChI is InChI=1S/C16H16ClNO3/c1-20-13-7-4-12(5-8-13)18-16(19)9-11-3-6-14(21-2)10-15(11)17/h3-8,10H,9H2,1-2H3,(H,18,19). The lowest BCUT2D eigenvalue weighted by molar-refractivity contribution is -0.115. The van der Waals surface area contributed by atoms with Crippen LogP contribution in [0, 0.1) is 0 Å². The van der Waals surface area contributed by atoms with E-state index in [4.69, 9.17) is 21.1 Å². The van der Waals surface area contributed by atoms with Crippen LogP contribution in [0.4, 0.5) is 5.69 Å². The molecule has 0 unspecified atom stereocenters. The largest absolute Gasteiger partial charge is 0.497 e. The van der Waals surface area contributed by atoms with Crippen LogP contribution in [0.15, 0.2) is 42.5 Å². The van der Waals surface area contributed by atoms with E-state index in [1.165, 1.54) is 0 Å². The average molecular weight is 306 g/mol. The number of anilines is 1. The Labute approximate surface area is 128 Å². The van der Waals surface area contributed by atoms with E-state index in [2.05, 4.69) is 5.32 Å². The number of nitrogens with one attached hydrogen (secondary N) is 1. The summed E-state index contributed by atoms with van der Waals surface area (Å²) in [5.74, 6) is 1.28. The van der Waals surface area contributed by atoms with Crippen LogP contribution in [0.25, 0.3) is 0 Å².